The second kappa shape index (κ2) is 16.7. The number of likely N-dealkylation sites (tertiary alicyclic amines) is 1. The summed E-state index contributed by atoms with van der Waals surface area (Å²) in [5.41, 5.74) is 0. The molecule has 2 aliphatic heterocycles. The van der Waals surface area contributed by atoms with E-state index in [0.717, 1.165) is 6.42 Å². The van der Waals surface area contributed by atoms with Crippen LogP contribution in [0.15, 0.2) is 0 Å². The van der Waals surface area contributed by atoms with Gasteiger partial charge in [-0.3, -0.25) is 19.2 Å². The number of hydrogen-bond acceptors (Lipinski definition) is 10. The van der Waals surface area contributed by atoms with Gasteiger partial charge in [-0.05, 0) is 25.7 Å². The molecule has 39 heavy (non-hydrogen) atoms. The molecule has 2 aliphatic rings. The maximum atomic E-state index is 12.4. The Morgan fingerprint density at radius 2 is 1.67 bits per heavy atom. The lowest BCUT2D eigenvalue weighted by Gasteiger charge is -2.42. The molecule has 0 aliphatic carbocycles. The number of nitrogens with zero attached hydrogens (tertiary/aromatic N) is 1. The van der Waals surface area contributed by atoms with Crippen LogP contribution in [0, 0.1) is 0 Å². The predicted octanol–water partition coefficient (Wildman–Crippen LogP) is -2.50. The van der Waals surface area contributed by atoms with Gasteiger partial charge in [0.1, 0.15) is 24.4 Å². The third-order valence-electron chi connectivity index (χ3n) is 6.87. The van der Waals surface area contributed by atoms with E-state index in [-0.39, 0.29) is 37.1 Å². The lowest BCUT2D eigenvalue weighted by Crippen LogP contribution is -2.68. The number of rotatable bonds is 15. The third kappa shape index (κ3) is 10.6. The Morgan fingerprint density at radius 1 is 0.949 bits per heavy atom. The number of amides is 4. The summed E-state index contributed by atoms with van der Waals surface area (Å²) in [4.78, 5) is 50.1. The largest absolute Gasteiger partial charge is 0.394 e. The minimum Gasteiger partial charge on any atom is -0.394 e. The summed E-state index contributed by atoms with van der Waals surface area (Å²) in [5.74, 6) is -1.19. The number of ether oxygens (including phenoxy) is 2. The van der Waals surface area contributed by atoms with Gasteiger partial charge in [-0.1, -0.05) is 6.42 Å². The summed E-state index contributed by atoms with van der Waals surface area (Å²) in [6.45, 7) is 1.81. The van der Waals surface area contributed by atoms with Crippen molar-refractivity contribution in [2.45, 2.75) is 101 Å². The van der Waals surface area contributed by atoms with Gasteiger partial charge in [0.15, 0.2) is 6.23 Å². The van der Waals surface area contributed by atoms with E-state index in [1.165, 1.54) is 6.92 Å². The fraction of sp³-hybridized carbons (Fsp3) is 0.840. The monoisotopic (exact) mass is 560 g/mol. The van der Waals surface area contributed by atoms with Crippen molar-refractivity contribution in [3.63, 3.8) is 0 Å². The number of methoxy groups -OCH3 is 1. The van der Waals surface area contributed by atoms with Crippen molar-refractivity contribution in [2.24, 2.45) is 0 Å². The molecule has 0 aromatic carbocycles. The van der Waals surface area contributed by atoms with Crippen LogP contribution < -0.4 is 16.0 Å². The van der Waals surface area contributed by atoms with Gasteiger partial charge in [-0.25, -0.2) is 0 Å². The number of unbranched alkanes of at least 4 members (excludes halogenated alkanes) is 2. The molecule has 0 saturated carbocycles. The van der Waals surface area contributed by atoms with Crippen molar-refractivity contribution in [1.82, 2.24) is 20.9 Å². The van der Waals surface area contributed by atoms with Crippen LogP contribution in [0.2, 0.25) is 0 Å². The topological polar surface area (TPSA) is 207 Å². The molecule has 0 radical (unpaired) electrons. The van der Waals surface area contributed by atoms with Gasteiger partial charge in [0.2, 0.25) is 23.6 Å². The van der Waals surface area contributed by atoms with Crippen molar-refractivity contribution in [3.05, 3.63) is 0 Å². The zero-order valence-corrected chi connectivity index (χ0v) is 22.7. The van der Waals surface area contributed by atoms with Gasteiger partial charge in [0, 0.05) is 46.4 Å². The Bertz CT molecular complexity index is 816. The molecule has 7 N–H and O–H groups in total. The van der Waals surface area contributed by atoms with Crippen molar-refractivity contribution < 1.29 is 49.1 Å². The average molecular weight is 561 g/mol. The molecule has 0 aromatic heterocycles. The first-order valence-corrected chi connectivity index (χ1v) is 13.5. The molecule has 7 atom stereocenters. The summed E-state index contributed by atoms with van der Waals surface area (Å²) in [6.07, 6.45) is -2.35. The summed E-state index contributed by atoms with van der Waals surface area (Å²) >= 11 is 0. The number of carbonyl (C=O) groups excluding carboxylic acids is 4. The number of aliphatic hydroxyl groups excluding tert-OH is 4. The molecule has 2 saturated heterocycles. The summed E-state index contributed by atoms with van der Waals surface area (Å²) in [6, 6.07) is -1.21. The van der Waals surface area contributed by atoms with Gasteiger partial charge in [0.25, 0.3) is 0 Å². The van der Waals surface area contributed by atoms with E-state index in [2.05, 4.69) is 16.0 Å². The maximum Gasteiger partial charge on any atom is 0.222 e. The van der Waals surface area contributed by atoms with Crippen LogP contribution in [0.4, 0.5) is 0 Å². The van der Waals surface area contributed by atoms with E-state index in [9.17, 15) is 39.6 Å². The maximum absolute atomic E-state index is 12.4. The zero-order chi connectivity index (χ0) is 28.9. The van der Waals surface area contributed by atoms with E-state index in [0.29, 0.717) is 45.4 Å². The van der Waals surface area contributed by atoms with Gasteiger partial charge in [-0.2, -0.15) is 0 Å². The lowest BCUT2D eigenvalue weighted by atomic mass is 9.96. The van der Waals surface area contributed by atoms with Crippen LogP contribution >= 0.6 is 0 Å². The van der Waals surface area contributed by atoms with Gasteiger partial charge < -0.3 is 50.8 Å². The van der Waals surface area contributed by atoms with Crippen molar-refractivity contribution in [2.75, 3.05) is 33.4 Å². The molecule has 0 bridgehead atoms. The molecule has 0 aromatic rings. The molecule has 4 amide bonds. The predicted molar refractivity (Wildman–Crippen MR) is 137 cm³/mol. The highest BCUT2D eigenvalue weighted by atomic mass is 16.5. The van der Waals surface area contributed by atoms with Crippen molar-refractivity contribution in [3.8, 4) is 0 Å². The molecule has 14 heteroatoms. The van der Waals surface area contributed by atoms with Crippen LogP contribution in [-0.4, -0.2) is 125 Å². The summed E-state index contributed by atoms with van der Waals surface area (Å²) < 4.78 is 10.6. The number of carbonyl (C=O) groups is 4. The minimum atomic E-state index is -1.46. The SMILES string of the molecule is COC[C@@H]1C[C@@H](O)CN1C(=O)CCCCCNC(=O)CCCC(=O)NC1OC(CO)C(O)C(O)C1NC(C)=O. The second-order valence-corrected chi connectivity index (χ2v) is 10.1. The van der Waals surface area contributed by atoms with E-state index in [1.54, 1.807) is 12.0 Å². The molecular formula is C25H44N4O10. The lowest BCUT2D eigenvalue weighted by molar-refractivity contribution is -0.203. The standard InChI is InChI=1S/C25H44N4O10/c1-15(31)27-22-24(37)23(36)18(13-30)39-25(22)28-20(34)8-6-7-19(33)26-10-5-3-4-9-21(35)29-12-17(32)11-16(29)14-38-2/h16-18,22-25,30,32,36-37H,3-14H2,1-2H3,(H,26,33)(H,27,31)(H,28,34)/t16-,17+,18?,22?,23?,24?,25?/m0/s1. The van der Waals surface area contributed by atoms with Crippen molar-refractivity contribution >= 4 is 23.6 Å². The van der Waals surface area contributed by atoms with Gasteiger partial charge >= 0.3 is 0 Å². The van der Waals surface area contributed by atoms with E-state index in [4.69, 9.17) is 9.47 Å². The third-order valence-corrected chi connectivity index (χ3v) is 6.87. The Labute approximate surface area is 228 Å². The first kappa shape index (κ1) is 32.8. The fourth-order valence-corrected chi connectivity index (χ4v) is 4.86. The Balaban J connectivity index is 1.60. The van der Waals surface area contributed by atoms with Gasteiger partial charge in [-0.15, -0.1) is 0 Å². The van der Waals surface area contributed by atoms with Crippen LogP contribution in [0.25, 0.3) is 0 Å². The molecule has 5 unspecified atom stereocenters. The first-order chi connectivity index (χ1) is 18.6. The van der Waals surface area contributed by atoms with Crippen LogP contribution in [-0.2, 0) is 28.7 Å². The second-order valence-electron chi connectivity index (χ2n) is 10.1. The zero-order valence-electron chi connectivity index (χ0n) is 22.7. The van der Waals surface area contributed by atoms with E-state index < -0.39 is 55.1 Å². The highest BCUT2D eigenvalue weighted by Gasteiger charge is 2.45. The molecular weight excluding hydrogens is 516 g/mol. The highest BCUT2D eigenvalue weighted by Crippen LogP contribution is 2.21. The van der Waals surface area contributed by atoms with Crippen LogP contribution in [0.3, 0.4) is 0 Å². The highest BCUT2D eigenvalue weighted by molar-refractivity contribution is 5.79. The van der Waals surface area contributed by atoms with E-state index in [1.807, 2.05) is 0 Å². The molecule has 2 rings (SSSR count). The smallest absolute Gasteiger partial charge is 0.222 e. The Hall–Kier alpha value is -2.36. The van der Waals surface area contributed by atoms with E-state index >= 15 is 0 Å². The average Bonchev–Trinajstić information content (AvgIpc) is 3.25. The fourth-order valence-electron chi connectivity index (χ4n) is 4.86. The molecule has 2 fully saturated rings. The quantitative estimate of drug-likeness (QED) is 0.105. The summed E-state index contributed by atoms with van der Waals surface area (Å²) in [7, 11) is 1.57. The number of β-amino-alcohol motifs (C(OH)–C–C–N with tert-alkyl or cyclic N) is 1. The molecule has 224 valence electrons. The van der Waals surface area contributed by atoms with Crippen molar-refractivity contribution in [1.29, 1.82) is 0 Å². The Morgan fingerprint density at radius 3 is 2.33 bits per heavy atom. The first-order valence-electron chi connectivity index (χ1n) is 13.5. The normalized spacial score (nSPS) is 28.7. The van der Waals surface area contributed by atoms with Gasteiger partial charge in [0.05, 0.1) is 25.4 Å². The molecule has 0 spiro atoms. The van der Waals surface area contributed by atoms with Crippen LogP contribution in [0.5, 0.6) is 0 Å². The number of aliphatic hydroxyl groups is 4. The Kier molecular flexibility index (Phi) is 14.0. The minimum absolute atomic E-state index is 0.00416. The molecule has 14 nitrogen and oxygen atoms in total. The summed E-state index contributed by atoms with van der Waals surface area (Å²) in [5, 5.41) is 47.2. The number of hydrogen-bond donors (Lipinski definition) is 7. The van der Waals surface area contributed by atoms with Crippen LogP contribution in [0.1, 0.15) is 58.3 Å². The molecule has 2 heterocycles. The number of nitrogens with one attached hydrogen (secondary N) is 3.